The molecule has 0 unspecified atom stereocenters. The van der Waals surface area contributed by atoms with Gasteiger partial charge >= 0.3 is 5.97 Å². The van der Waals surface area contributed by atoms with E-state index in [4.69, 9.17) is 9.47 Å². The largest absolute Gasteiger partial charge is 0.450 e. The van der Waals surface area contributed by atoms with Gasteiger partial charge in [-0.15, -0.1) is 0 Å². The number of ether oxygens (including phenoxy) is 2. The molecule has 0 aromatic carbocycles. The summed E-state index contributed by atoms with van der Waals surface area (Å²) >= 11 is 0. The summed E-state index contributed by atoms with van der Waals surface area (Å²) in [5.74, 6) is -0.488. The Balaban J connectivity index is 3.23. The predicted octanol–water partition coefficient (Wildman–Crippen LogP) is 2.30. The quantitative estimate of drug-likeness (QED) is 0.643. The Labute approximate surface area is 96.3 Å². The Morgan fingerprint density at radius 2 is 1.88 bits per heavy atom. The number of carbonyl (C=O) groups excluding carboxylic acids is 1. The van der Waals surface area contributed by atoms with Gasteiger partial charge in [-0.3, -0.25) is 4.99 Å². The highest BCUT2D eigenvalue weighted by atomic mass is 16.7. The van der Waals surface area contributed by atoms with Crippen LogP contribution in [0.4, 0.5) is 0 Å². The van der Waals surface area contributed by atoms with E-state index >= 15 is 0 Å². The molecule has 1 aliphatic heterocycles. The van der Waals surface area contributed by atoms with E-state index in [1.54, 1.807) is 20.9 Å². The van der Waals surface area contributed by atoms with Crippen molar-refractivity contribution in [2.24, 2.45) is 10.9 Å². The van der Waals surface area contributed by atoms with Gasteiger partial charge in [-0.25, -0.2) is 4.79 Å². The number of carbonyl (C=O) groups is 1. The van der Waals surface area contributed by atoms with Crippen LogP contribution >= 0.6 is 0 Å². The zero-order valence-electron chi connectivity index (χ0n) is 10.7. The first-order chi connectivity index (χ1) is 7.28. The standard InChI is InChI=1S/C12H19NO3/c1-7(2)8(3)10-9(13-6)11(14)16-12(4,5)15-10/h7H,1-6H3. The van der Waals surface area contributed by atoms with Gasteiger partial charge < -0.3 is 9.47 Å². The zero-order chi connectivity index (χ0) is 12.5. The average molecular weight is 225 g/mol. The second kappa shape index (κ2) is 4.28. The molecule has 0 bridgehead atoms. The summed E-state index contributed by atoms with van der Waals surface area (Å²) in [6.45, 7) is 9.47. The molecule has 0 amide bonds. The monoisotopic (exact) mass is 225 g/mol. The second-order valence-corrected chi connectivity index (χ2v) is 4.63. The molecule has 0 N–H and O–H groups in total. The van der Waals surface area contributed by atoms with Crippen LogP contribution in [0, 0.1) is 5.92 Å². The van der Waals surface area contributed by atoms with Crippen LogP contribution in [-0.4, -0.2) is 24.5 Å². The third kappa shape index (κ3) is 2.43. The molecule has 90 valence electrons. The molecule has 0 radical (unpaired) electrons. The molecule has 1 fully saturated rings. The van der Waals surface area contributed by atoms with Crippen molar-refractivity contribution >= 4 is 11.7 Å². The Morgan fingerprint density at radius 3 is 2.31 bits per heavy atom. The maximum absolute atomic E-state index is 11.7. The van der Waals surface area contributed by atoms with Gasteiger partial charge in [0, 0.05) is 20.9 Å². The van der Waals surface area contributed by atoms with E-state index in [0.717, 1.165) is 5.57 Å². The minimum atomic E-state index is -0.920. The topological polar surface area (TPSA) is 47.9 Å². The Morgan fingerprint density at radius 1 is 1.31 bits per heavy atom. The molecule has 4 nitrogen and oxygen atoms in total. The van der Waals surface area contributed by atoms with Crippen molar-refractivity contribution in [3.05, 3.63) is 11.3 Å². The summed E-state index contributed by atoms with van der Waals surface area (Å²) < 4.78 is 10.8. The Kier molecular flexibility index (Phi) is 3.41. The van der Waals surface area contributed by atoms with Crippen molar-refractivity contribution in [2.45, 2.75) is 40.4 Å². The van der Waals surface area contributed by atoms with Crippen LogP contribution in [0.3, 0.4) is 0 Å². The van der Waals surface area contributed by atoms with E-state index in [1.807, 2.05) is 20.8 Å². The maximum atomic E-state index is 11.7. The summed E-state index contributed by atoms with van der Waals surface area (Å²) in [4.78, 5) is 15.6. The van der Waals surface area contributed by atoms with Crippen molar-refractivity contribution in [1.82, 2.24) is 0 Å². The summed E-state index contributed by atoms with van der Waals surface area (Å²) in [5, 5.41) is 0. The van der Waals surface area contributed by atoms with Gasteiger partial charge in [0.2, 0.25) is 5.79 Å². The van der Waals surface area contributed by atoms with Crippen LogP contribution in [0.1, 0.15) is 34.6 Å². The van der Waals surface area contributed by atoms with Crippen molar-refractivity contribution in [3.8, 4) is 0 Å². The van der Waals surface area contributed by atoms with Crippen molar-refractivity contribution in [1.29, 1.82) is 0 Å². The highest BCUT2D eigenvalue weighted by Gasteiger charge is 2.38. The lowest BCUT2D eigenvalue weighted by atomic mass is 10.0. The maximum Gasteiger partial charge on any atom is 0.363 e. The molecule has 16 heavy (non-hydrogen) atoms. The van der Waals surface area contributed by atoms with Crippen LogP contribution in [0.15, 0.2) is 16.3 Å². The second-order valence-electron chi connectivity index (χ2n) is 4.63. The van der Waals surface area contributed by atoms with Crippen molar-refractivity contribution in [2.75, 3.05) is 7.05 Å². The van der Waals surface area contributed by atoms with E-state index in [-0.39, 0.29) is 5.71 Å². The summed E-state index contributed by atoms with van der Waals surface area (Å²) in [5.41, 5.74) is 1.27. The first-order valence-corrected chi connectivity index (χ1v) is 5.38. The normalized spacial score (nSPS) is 25.4. The highest BCUT2D eigenvalue weighted by molar-refractivity contribution is 6.43. The van der Waals surface area contributed by atoms with Crippen LogP contribution in [0.2, 0.25) is 0 Å². The molecular formula is C12H19NO3. The van der Waals surface area contributed by atoms with Crippen LogP contribution in [0.25, 0.3) is 0 Å². The molecule has 1 rings (SSSR count). The number of cyclic esters (lactones) is 1. The van der Waals surface area contributed by atoms with E-state index in [2.05, 4.69) is 4.99 Å². The average Bonchev–Trinajstić information content (AvgIpc) is 2.14. The minimum absolute atomic E-state index is 0.269. The SMILES string of the molecule is CN=C1C(=O)OC(C)(C)OC1=C(C)C(C)C. The number of rotatable bonds is 1. The zero-order valence-corrected chi connectivity index (χ0v) is 10.7. The van der Waals surface area contributed by atoms with E-state index in [0.29, 0.717) is 11.7 Å². The lowest BCUT2D eigenvalue weighted by Gasteiger charge is -2.33. The summed E-state index contributed by atoms with van der Waals surface area (Å²) in [6.07, 6.45) is 0. The number of aliphatic imine (C=N–C) groups is 1. The van der Waals surface area contributed by atoms with Gasteiger partial charge in [0.05, 0.1) is 0 Å². The molecule has 0 aliphatic carbocycles. The van der Waals surface area contributed by atoms with Gasteiger partial charge in [-0.2, -0.15) is 0 Å². The van der Waals surface area contributed by atoms with Crippen LogP contribution < -0.4 is 0 Å². The first-order valence-electron chi connectivity index (χ1n) is 5.38. The molecule has 0 atom stereocenters. The molecule has 0 aromatic rings. The molecular weight excluding hydrogens is 206 g/mol. The first kappa shape index (κ1) is 12.7. The van der Waals surface area contributed by atoms with Gasteiger partial charge in [-0.05, 0) is 18.4 Å². The number of hydrogen-bond donors (Lipinski definition) is 0. The molecule has 1 heterocycles. The number of nitrogens with zero attached hydrogens (tertiary/aromatic N) is 1. The number of hydrogen-bond acceptors (Lipinski definition) is 4. The fourth-order valence-corrected chi connectivity index (χ4v) is 1.40. The third-order valence-electron chi connectivity index (χ3n) is 2.54. The Bertz CT molecular complexity index is 364. The lowest BCUT2D eigenvalue weighted by Crippen LogP contribution is -2.42. The smallest absolute Gasteiger partial charge is 0.363 e. The molecule has 0 spiro atoms. The molecule has 1 aliphatic rings. The fourth-order valence-electron chi connectivity index (χ4n) is 1.40. The minimum Gasteiger partial charge on any atom is -0.450 e. The van der Waals surface area contributed by atoms with Gasteiger partial charge in [0.15, 0.2) is 11.5 Å². The lowest BCUT2D eigenvalue weighted by molar-refractivity contribution is -0.200. The van der Waals surface area contributed by atoms with Crippen LogP contribution in [0.5, 0.6) is 0 Å². The summed E-state index contributed by atoms with van der Waals surface area (Å²) in [6, 6.07) is 0. The number of esters is 1. The van der Waals surface area contributed by atoms with E-state index < -0.39 is 11.8 Å². The molecule has 4 heteroatoms. The molecule has 0 aromatic heterocycles. The number of allylic oxidation sites excluding steroid dienone is 1. The van der Waals surface area contributed by atoms with Crippen LogP contribution in [-0.2, 0) is 14.3 Å². The van der Waals surface area contributed by atoms with Crippen molar-refractivity contribution in [3.63, 3.8) is 0 Å². The van der Waals surface area contributed by atoms with Gasteiger partial charge in [0.1, 0.15) is 0 Å². The summed E-state index contributed by atoms with van der Waals surface area (Å²) in [7, 11) is 1.56. The van der Waals surface area contributed by atoms with Gasteiger partial charge in [0.25, 0.3) is 0 Å². The van der Waals surface area contributed by atoms with Crippen molar-refractivity contribution < 1.29 is 14.3 Å². The predicted molar refractivity (Wildman–Crippen MR) is 62.2 cm³/mol. The van der Waals surface area contributed by atoms with E-state index in [1.165, 1.54) is 0 Å². The fraction of sp³-hybridized carbons (Fsp3) is 0.667. The van der Waals surface area contributed by atoms with E-state index in [9.17, 15) is 4.79 Å². The third-order valence-corrected chi connectivity index (χ3v) is 2.54. The van der Waals surface area contributed by atoms with Gasteiger partial charge in [-0.1, -0.05) is 13.8 Å². The molecule has 1 saturated heterocycles. The molecule has 0 saturated carbocycles. The Hall–Kier alpha value is -1.32. The highest BCUT2D eigenvalue weighted by Crippen LogP contribution is 2.28.